The molecule has 0 fully saturated rings. The largest absolute Gasteiger partial charge is 0.475 e. The molecule has 1 aliphatic heterocycles. The molecule has 28 heavy (non-hydrogen) atoms. The van der Waals surface area contributed by atoms with E-state index in [9.17, 15) is 9.59 Å². The lowest BCUT2D eigenvalue weighted by Gasteiger charge is -2.08. The number of ketones is 1. The lowest BCUT2D eigenvalue weighted by Crippen LogP contribution is -2.15. The van der Waals surface area contributed by atoms with Gasteiger partial charge in [0.1, 0.15) is 23.0 Å². The van der Waals surface area contributed by atoms with Gasteiger partial charge in [-0.2, -0.15) is 5.10 Å². The number of amides is 1. The van der Waals surface area contributed by atoms with E-state index in [2.05, 4.69) is 25.5 Å². The lowest BCUT2D eigenvalue weighted by atomic mass is 10.1. The molecule has 144 valence electrons. The van der Waals surface area contributed by atoms with Gasteiger partial charge in [-0.25, -0.2) is 9.97 Å². The molecular formula is C18H17N5O4S. The number of nitrogens with zero attached hydrogens (tertiary/aromatic N) is 3. The van der Waals surface area contributed by atoms with E-state index in [-0.39, 0.29) is 23.6 Å². The van der Waals surface area contributed by atoms with Crippen LogP contribution >= 0.6 is 11.3 Å². The zero-order chi connectivity index (χ0) is 19.3. The Hall–Kier alpha value is -3.11. The molecule has 2 N–H and O–H groups in total. The number of nitrogens with one attached hydrogen (secondary N) is 2. The van der Waals surface area contributed by atoms with Gasteiger partial charge >= 0.3 is 0 Å². The van der Waals surface area contributed by atoms with Crippen molar-refractivity contribution in [3.63, 3.8) is 0 Å². The first-order valence-electron chi connectivity index (χ1n) is 8.71. The van der Waals surface area contributed by atoms with Crippen LogP contribution < -0.4 is 10.1 Å². The van der Waals surface area contributed by atoms with E-state index in [1.165, 1.54) is 17.5 Å². The molecule has 4 heterocycles. The molecule has 0 aromatic carbocycles. The summed E-state index contributed by atoms with van der Waals surface area (Å²) >= 11 is 1.34. The van der Waals surface area contributed by atoms with Crippen molar-refractivity contribution in [3.05, 3.63) is 41.3 Å². The van der Waals surface area contributed by atoms with Crippen LogP contribution in [0.25, 0.3) is 10.6 Å². The van der Waals surface area contributed by atoms with Crippen molar-refractivity contribution >= 4 is 28.7 Å². The number of Topliss-reactive ketones (excluding diaryl/α,β-unsaturated/α-hetero) is 1. The maximum absolute atomic E-state index is 12.5. The minimum atomic E-state index is -0.409. The number of pyridine rings is 1. The molecule has 0 atom stereocenters. The van der Waals surface area contributed by atoms with Crippen LogP contribution in [-0.2, 0) is 4.74 Å². The Kier molecular flexibility index (Phi) is 5.40. The number of H-pyrrole nitrogens is 1. The lowest BCUT2D eigenvalue weighted by molar-refractivity contribution is 0.0862. The second kappa shape index (κ2) is 8.28. The normalized spacial score (nSPS) is 15.7. The van der Waals surface area contributed by atoms with Gasteiger partial charge in [-0.1, -0.05) is 0 Å². The molecule has 1 aliphatic rings. The Labute approximate surface area is 164 Å². The summed E-state index contributed by atoms with van der Waals surface area (Å²) in [5.41, 5.74) is 1.67. The average molecular weight is 399 g/mol. The molecule has 3 aromatic heterocycles. The Bertz CT molecular complexity index is 999. The molecule has 0 unspecified atom stereocenters. The number of rotatable bonds is 0. The van der Waals surface area contributed by atoms with E-state index < -0.39 is 5.91 Å². The van der Waals surface area contributed by atoms with Crippen LogP contribution in [0.1, 0.15) is 33.8 Å². The van der Waals surface area contributed by atoms with Gasteiger partial charge < -0.3 is 14.8 Å². The second-order valence-corrected chi connectivity index (χ2v) is 6.88. The highest BCUT2D eigenvalue weighted by Crippen LogP contribution is 2.26. The van der Waals surface area contributed by atoms with Crippen LogP contribution in [0.2, 0.25) is 0 Å². The predicted molar refractivity (Wildman–Crippen MR) is 102 cm³/mol. The van der Waals surface area contributed by atoms with E-state index in [1.807, 2.05) is 0 Å². The third kappa shape index (κ3) is 4.07. The van der Waals surface area contributed by atoms with Crippen molar-refractivity contribution in [1.82, 2.24) is 20.2 Å². The first-order chi connectivity index (χ1) is 13.7. The number of carbonyl (C=O) groups excluding carboxylic acids is 2. The zero-order valence-electron chi connectivity index (χ0n) is 14.8. The van der Waals surface area contributed by atoms with Crippen LogP contribution in [-0.4, -0.2) is 51.7 Å². The monoisotopic (exact) mass is 399 g/mol. The Morgan fingerprint density at radius 3 is 3.04 bits per heavy atom. The van der Waals surface area contributed by atoms with Gasteiger partial charge in [0.15, 0.2) is 5.78 Å². The van der Waals surface area contributed by atoms with Crippen molar-refractivity contribution in [2.24, 2.45) is 0 Å². The van der Waals surface area contributed by atoms with Crippen LogP contribution in [0.5, 0.6) is 5.88 Å². The number of hydrogen-bond donors (Lipinski definition) is 2. The van der Waals surface area contributed by atoms with E-state index in [0.717, 1.165) is 5.56 Å². The van der Waals surface area contributed by atoms with Crippen LogP contribution in [0.15, 0.2) is 29.9 Å². The average Bonchev–Trinajstić information content (AvgIpc) is 3.36. The first kappa shape index (κ1) is 18.3. The molecular weight excluding hydrogens is 382 g/mol. The number of thiazole rings is 1. The standard InChI is InChI=1S/C18H17N5O4S/c24-14-2-1-5-26-6-7-27-15-8-11(3-4-19-15)18-22-13(10-28-18)17(25)21-12-9-20-23-16(12)14/h3-4,8-10H,1-2,5-7H2,(H,20,23)(H,21,25). The summed E-state index contributed by atoms with van der Waals surface area (Å²) in [6.45, 7) is 1.17. The summed E-state index contributed by atoms with van der Waals surface area (Å²) in [7, 11) is 0. The number of carbonyl (C=O) groups is 2. The van der Waals surface area contributed by atoms with Gasteiger partial charge in [-0.3, -0.25) is 14.7 Å². The van der Waals surface area contributed by atoms with Crippen molar-refractivity contribution < 1.29 is 19.1 Å². The maximum Gasteiger partial charge on any atom is 0.275 e. The fourth-order valence-electron chi connectivity index (χ4n) is 2.68. The van der Waals surface area contributed by atoms with E-state index >= 15 is 0 Å². The Morgan fingerprint density at radius 1 is 1.18 bits per heavy atom. The fourth-order valence-corrected chi connectivity index (χ4v) is 3.48. The zero-order valence-corrected chi connectivity index (χ0v) is 15.6. The molecule has 0 aliphatic carbocycles. The number of fused-ring (bicyclic) bond motifs is 6. The van der Waals surface area contributed by atoms with Crippen molar-refractivity contribution in [2.75, 3.05) is 25.1 Å². The van der Waals surface area contributed by atoms with Crippen LogP contribution in [0.3, 0.4) is 0 Å². The van der Waals surface area contributed by atoms with Crippen LogP contribution in [0.4, 0.5) is 5.69 Å². The molecule has 3 aromatic rings. The molecule has 0 spiro atoms. The number of anilines is 1. The van der Waals surface area contributed by atoms with Gasteiger partial charge in [0.25, 0.3) is 5.91 Å². The number of aromatic amines is 1. The van der Waals surface area contributed by atoms with E-state index in [0.29, 0.717) is 42.8 Å². The van der Waals surface area contributed by atoms with Crippen molar-refractivity contribution in [1.29, 1.82) is 0 Å². The van der Waals surface area contributed by atoms with Gasteiger partial charge in [0.2, 0.25) is 5.88 Å². The minimum Gasteiger partial charge on any atom is -0.475 e. The molecule has 10 heteroatoms. The summed E-state index contributed by atoms with van der Waals surface area (Å²) in [6, 6.07) is 3.57. The maximum atomic E-state index is 12.5. The molecule has 9 nitrogen and oxygen atoms in total. The quantitative estimate of drug-likeness (QED) is 0.596. The highest BCUT2D eigenvalue weighted by molar-refractivity contribution is 7.13. The number of ether oxygens (including phenoxy) is 2. The number of hydrogen-bond acceptors (Lipinski definition) is 8. The van der Waals surface area contributed by atoms with Crippen LogP contribution in [0, 0.1) is 0 Å². The van der Waals surface area contributed by atoms with Crippen molar-refractivity contribution in [2.45, 2.75) is 12.8 Å². The number of aromatic nitrogens is 4. The van der Waals surface area contributed by atoms with Gasteiger partial charge in [-0.15, -0.1) is 11.3 Å². The highest BCUT2D eigenvalue weighted by Gasteiger charge is 2.18. The third-order valence-electron chi connectivity index (χ3n) is 4.06. The summed E-state index contributed by atoms with van der Waals surface area (Å²) in [5.74, 6) is -0.0959. The van der Waals surface area contributed by atoms with Gasteiger partial charge in [0.05, 0.1) is 18.5 Å². The van der Waals surface area contributed by atoms with Crippen molar-refractivity contribution in [3.8, 4) is 16.5 Å². The smallest absolute Gasteiger partial charge is 0.275 e. The molecule has 0 radical (unpaired) electrons. The van der Waals surface area contributed by atoms with Gasteiger partial charge in [-0.05, 0) is 12.5 Å². The summed E-state index contributed by atoms with van der Waals surface area (Å²) < 4.78 is 11.1. The topological polar surface area (TPSA) is 119 Å². The Balaban J connectivity index is 1.62. The molecule has 1 amide bonds. The molecule has 0 saturated heterocycles. The Morgan fingerprint density at radius 2 is 2.11 bits per heavy atom. The van der Waals surface area contributed by atoms with E-state index in [1.54, 1.807) is 23.7 Å². The molecule has 4 rings (SSSR count). The summed E-state index contributed by atoms with van der Waals surface area (Å²) in [6.07, 6.45) is 3.87. The third-order valence-corrected chi connectivity index (χ3v) is 4.95. The molecule has 4 bridgehead atoms. The molecule has 0 saturated carbocycles. The summed E-state index contributed by atoms with van der Waals surface area (Å²) in [5, 5.41) is 11.6. The SMILES string of the molecule is O=C1Nc2cn[nH]c2C(=O)CCCOCCOc2cc(ccn2)-c2nc1cs2. The minimum absolute atomic E-state index is 0.146. The van der Waals surface area contributed by atoms with E-state index in [4.69, 9.17) is 9.47 Å². The first-order valence-corrected chi connectivity index (χ1v) is 9.59. The van der Waals surface area contributed by atoms with Gasteiger partial charge in [0, 0.05) is 36.2 Å². The summed E-state index contributed by atoms with van der Waals surface area (Å²) in [4.78, 5) is 33.5. The fraction of sp³-hybridized carbons (Fsp3) is 0.278. The predicted octanol–water partition coefficient (Wildman–Crippen LogP) is 2.55. The second-order valence-electron chi connectivity index (χ2n) is 6.02. The highest BCUT2D eigenvalue weighted by atomic mass is 32.1.